The molecule has 0 aliphatic heterocycles. The van der Waals surface area contributed by atoms with Crippen molar-refractivity contribution >= 4 is 0 Å². The minimum absolute atomic E-state index is 0.0607. The Labute approximate surface area is 122 Å². The Balaban J connectivity index is 3.04. The van der Waals surface area contributed by atoms with Crippen molar-refractivity contribution in [1.82, 2.24) is 5.32 Å². The highest BCUT2D eigenvalue weighted by Gasteiger charge is 2.24. The average molecular weight is 281 g/mol. The number of nitrogens with one attached hydrogen (secondary N) is 1. The van der Waals surface area contributed by atoms with E-state index < -0.39 is 0 Å². The van der Waals surface area contributed by atoms with Gasteiger partial charge in [-0.2, -0.15) is 0 Å². The van der Waals surface area contributed by atoms with E-state index in [4.69, 9.17) is 4.74 Å². The van der Waals surface area contributed by atoms with Gasteiger partial charge in [-0.1, -0.05) is 26.3 Å². The van der Waals surface area contributed by atoms with E-state index in [9.17, 15) is 4.39 Å². The molecule has 1 rings (SSSR count). The Morgan fingerprint density at radius 1 is 1.20 bits per heavy atom. The molecule has 3 heteroatoms. The predicted octanol–water partition coefficient (Wildman–Crippen LogP) is 4.38. The fourth-order valence-corrected chi connectivity index (χ4v) is 2.53. The van der Waals surface area contributed by atoms with Crippen molar-refractivity contribution in [3.8, 4) is 0 Å². The number of rotatable bonds is 9. The number of halogens is 1. The molecule has 20 heavy (non-hydrogen) atoms. The van der Waals surface area contributed by atoms with Gasteiger partial charge in [0, 0.05) is 6.61 Å². The number of aryl methyl sites for hydroxylation is 1. The maximum Gasteiger partial charge on any atom is 0.123 e. The average Bonchev–Trinajstić information content (AvgIpc) is 2.43. The van der Waals surface area contributed by atoms with Gasteiger partial charge in [0.2, 0.25) is 0 Å². The Morgan fingerprint density at radius 2 is 1.95 bits per heavy atom. The molecule has 0 saturated heterocycles. The van der Waals surface area contributed by atoms with Crippen LogP contribution in [-0.2, 0) is 4.74 Å². The highest BCUT2D eigenvalue weighted by atomic mass is 19.1. The maximum atomic E-state index is 13.6. The first kappa shape index (κ1) is 17.1. The second-order valence-corrected chi connectivity index (χ2v) is 5.22. The molecule has 0 radical (unpaired) electrons. The van der Waals surface area contributed by atoms with Crippen molar-refractivity contribution in [2.75, 3.05) is 13.2 Å². The summed E-state index contributed by atoms with van der Waals surface area (Å²) in [6, 6.07) is 5.07. The third-order valence-corrected chi connectivity index (χ3v) is 3.52. The van der Waals surface area contributed by atoms with E-state index in [1.807, 2.05) is 19.9 Å². The fourth-order valence-electron chi connectivity index (χ4n) is 2.53. The summed E-state index contributed by atoms with van der Waals surface area (Å²) in [6.07, 6.45) is 3.18. The van der Waals surface area contributed by atoms with Gasteiger partial charge in [-0.3, -0.25) is 0 Å². The SMILES string of the molecule is CCCNC(c1cc(F)ccc1C)C(CCC)OCC. The summed E-state index contributed by atoms with van der Waals surface area (Å²) in [5, 5.41) is 3.53. The molecule has 0 aromatic heterocycles. The van der Waals surface area contributed by atoms with E-state index in [-0.39, 0.29) is 18.0 Å². The lowest BCUT2D eigenvalue weighted by Crippen LogP contribution is -2.35. The third-order valence-electron chi connectivity index (χ3n) is 3.52. The van der Waals surface area contributed by atoms with Gasteiger partial charge in [-0.05, 0) is 56.5 Å². The maximum absolute atomic E-state index is 13.6. The van der Waals surface area contributed by atoms with Crippen molar-refractivity contribution < 1.29 is 9.13 Å². The molecule has 1 N–H and O–H groups in total. The number of ether oxygens (including phenoxy) is 1. The predicted molar refractivity (Wildman–Crippen MR) is 82.5 cm³/mol. The lowest BCUT2D eigenvalue weighted by atomic mass is 9.94. The van der Waals surface area contributed by atoms with Gasteiger partial charge >= 0.3 is 0 Å². The summed E-state index contributed by atoms with van der Waals surface area (Å²) in [6.45, 7) is 9.93. The summed E-state index contributed by atoms with van der Waals surface area (Å²) in [4.78, 5) is 0. The summed E-state index contributed by atoms with van der Waals surface area (Å²) in [7, 11) is 0. The van der Waals surface area contributed by atoms with Gasteiger partial charge in [0.05, 0.1) is 12.1 Å². The molecule has 1 aromatic rings. The standard InChI is InChI=1S/C17H28FNO/c1-5-8-16(20-7-3)17(19-11-6-2)15-12-14(18)10-9-13(15)4/h9-10,12,16-17,19H,5-8,11H2,1-4H3. The Kier molecular flexibility index (Phi) is 7.78. The zero-order valence-corrected chi connectivity index (χ0v) is 13.2. The largest absolute Gasteiger partial charge is 0.377 e. The fraction of sp³-hybridized carbons (Fsp3) is 0.647. The van der Waals surface area contributed by atoms with Gasteiger partial charge in [0.15, 0.2) is 0 Å². The zero-order chi connectivity index (χ0) is 15.0. The van der Waals surface area contributed by atoms with Crippen LogP contribution < -0.4 is 5.32 Å². The Hall–Kier alpha value is -0.930. The molecule has 1 aromatic carbocycles. The van der Waals surface area contributed by atoms with Crippen molar-refractivity contribution in [3.05, 3.63) is 35.1 Å². The molecule has 0 amide bonds. The molecule has 114 valence electrons. The normalized spacial score (nSPS) is 14.2. The zero-order valence-electron chi connectivity index (χ0n) is 13.2. The quantitative estimate of drug-likeness (QED) is 0.725. The highest BCUT2D eigenvalue weighted by Crippen LogP contribution is 2.26. The van der Waals surface area contributed by atoms with Gasteiger partial charge in [0.1, 0.15) is 5.82 Å². The number of hydrogen-bond donors (Lipinski definition) is 1. The van der Waals surface area contributed by atoms with E-state index in [2.05, 4.69) is 19.2 Å². The van der Waals surface area contributed by atoms with Crippen molar-refractivity contribution in [3.63, 3.8) is 0 Å². The lowest BCUT2D eigenvalue weighted by Gasteiger charge is -2.29. The summed E-state index contributed by atoms with van der Waals surface area (Å²) in [5.41, 5.74) is 2.13. The van der Waals surface area contributed by atoms with Crippen LogP contribution in [0, 0.1) is 12.7 Å². The third kappa shape index (κ3) is 4.88. The van der Waals surface area contributed by atoms with E-state index in [1.54, 1.807) is 6.07 Å². The van der Waals surface area contributed by atoms with Gasteiger partial charge in [-0.15, -0.1) is 0 Å². The summed E-state index contributed by atoms with van der Waals surface area (Å²) >= 11 is 0. The first-order valence-electron chi connectivity index (χ1n) is 7.75. The van der Waals surface area contributed by atoms with Crippen molar-refractivity contribution in [2.45, 2.75) is 59.1 Å². The van der Waals surface area contributed by atoms with Gasteiger partial charge < -0.3 is 10.1 Å². The minimum Gasteiger partial charge on any atom is -0.377 e. The molecular weight excluding hydrogens is 253 g/mol. The van der Waals surface area contributed by atoms with Crippen molar-refractivity contribution in [2.24, 2.45) is 0 Å². The second-order valence-electron chi connectivity index (χ2n) is 5.22. The topological polar surface area (TPSA) is 21.3 Å². The summed E-state index contributed by atoms with van der Waals surface area (Å²) in [5.74, 6) is -0.180. The molecule has 2 nitrogen and oxygen atoms in total. The van der Waals surface area contributed by atoms with E-state index >= 15 is 0 Å². The van der Waals surface area contributed by atoms with Crippen LogP contribution in [0.3, 0.4) is 0 Å². The number of hydrogen-bond acceptors (Lipinski definition) is 2. The van der Waals surface area contributed by atoms with Crippen LogP contribution in [0.1, 0.15) is 57.2 Å². The van der Waals surface area contributed by atoms with E-state index in [1.165, 1.54) is 6.07 Å². The lowest BCUT2D eigenvalue weighted by molar-refractivity contribution is 0.0274. The minimum atomic E-state index is -0.180. The molecule has 0 saturated carbocycles. The molecule has 0 heterocycles. The molecular formula is C17H28FNO. The molecule has 0 aliphatic rings. The second kappa shape index (κ2) is 9.09. The van der Waals surface area contributed by atoms with Crippen LogP contribution in [0.2, 0.25) is 0 Å². The van der Waals surface area contributed by atoms with Gasteiger partial charge in [-0.25, -0.2) is 4.39 Å². The van der Waals surface area contributed by atoms with Crippen molar-refractivity contribution in [1.29, 1.82) is 0 Å². The van der Waals surface area contributed by atoms with E-state index in [0.29, 0.717) is 6.61 Å². The summed E-state index contributed by atoms with van der Waals surface area (Å²) < 4.78 is 19.5. The monoisotopic (exact) mass is 281 g/mol. The first-order valence-corrected chi connectivity index (χ1v) is 7.75. The van der Waals surface area contributed by atoms with Crippen LogP contribution >= 0.6 is 0 Å². The van der Waals surface area contributed by atoms with Gasteiger partial charge in [0.25, 0.3) is 0 Å². The first-order chi connectivity index (χ1) is 9.63. The molecule has 0 aliphatic carbocycles. The highest BCUT2D eigenvalue weighted by molar-refractivity contribution is 5.30. The molecule has 2 atom stereocenters. The molecule has 0 bridgehead atoms. The molecule has 0 fully saturated rings. The molecule has 2 unspecified atom stereocenters. The van der Waals surface area contributed by atoms with Crippen LogP contribution in [0.25, 0.3) is 0 Å². The van der Waals surface area contributed by atoms with Crippen LogP contribution in [0.4, 0.5) is 4.39 Å². The van der Waals surface area contributed by atoms with Crippen LogP contribution in [0.5, 0.6) is 0 Å². The number of benzene rings is 1. The molecule has 0 spiro atoms. The smallest absolute Gasteiger partial charge is 0.123 e. The van der Waals surface area contributed by atoms with Crippen LogP contribution in [-0.4, -0.2) is 19.3 Å². The van der Waals surface area contributed by atoms with E-state index in [0.717, 1.165) is 36.9 Å². The Bertz CT molecular complexity index is 389. The Morgan fingerprint density at radius 3 is 2.55 bits per heavy atom. The van der Waals surface area contributed by atoms with Crippen LogP contribution in [0.15, 0.2) is 18.2 Å².